The largest absolute Gasteiger partial charge is 0.394 e. The van der Waals surface area contributed by atoms with Crippen molar-refractivity contribution in [2.75, 3.05) is 6.61 Å². The van der Waals surface area contributed by atoms with Gasteiger partial charge in [0.1, 0.15) is 24.0 Å². The molecule has 0 amide bonds. The van der Waals surface area contributed by atoms with Crippen LogP contribution in [-0.4, -0.2) is 55.0 Å². The minimum atomic E-state index is -1.44. The van der Waals surface area contributed by atoms with Gasteiger partial charge in [-0.1, -0.05) is 20.8 Å². The van der Waals surface area contributed by atoms with Crippen LogP contribution in [0, 0.1) is 0 Å². The Kier molecular flexibility index (Phi) is 4.02. The number of aromatic amines is 1. The van der Waals surface area contributed by atoms with E-state index in [1.165, 1.54) is 0 Å². The minimum absolute atomic E-state index is 0.0971. The summed E-state index contributed by atoms with van der Waals surface area (Å²) in [5.74, 6) is 0. The number of hydrogen-bond acceptors (Lipinski definition) is 7. The van der Waals surface area contributed by atoms with E-state index in [9.17, 15) is 19.8 Å². The quantitative estimate of drug-likeness (QED) is 0.488. The van der Waals surface area contributed by atoms with Gasteiger partial charge >= 0.3 is 5.69 Å². The molecule has 0 saturated carbocycles. The summed E-state index contributed by atoms with van der Waals surface area (Å²) in [5.41, 5.74) is -2.00. The molecule has 0 aliphatic carbocycles. The van der Waals surface area contributed by atoms with Crippen LogP contribution in [0.5, 0.6) is 0 Å². The molecule has 1 aromatic rings. The molecule has 2 rings (SSSR count). The van der Waals surface area contributed by atoms with Crippen LogP contribution < -0.4 is 11.2 Å². The van der Waals surface area contributed by atoms with E-state index in [-0.39, 0.29) is 5.69 Å². The van der Waals surface area contributed by atoms with Gasteiger partial charge < -0.3 is 20.1 Å². The number of aliphatic hydroxyl groups is 3. The van der Waals surface area contributed by atoms with Crippen molar-refractivity contribution in [1.82, 2.24) is 14.8 Å². The van der Waals surface area contributed by atoms with E-state index in [1.54, 1.807) is 20.8 Å². The molecular formula is C12H19N3O6. The highest BCUT2D eigenvalue weighted by Crippen LogP contribution is 2.27. The van der Waals surface area contributed by atoms with Crippen molar-refractivity contribution in [1.29, 1.82) is 0 Å². The van der Waals surface area contributed by atoms with Gasteiger partial charge in [0.25, 0.3) is 5.56 Å². The second-order valence-corrected chi connectivity index (χ2v) is 6.03. The van der Waals surface area contributed by atoms with Crippen LogP contribution in [0.25, 0.3) is 0 Å². The molecule has 1 saturated heterocycles. The fraction of sp³-hybridized carbons (Fsp3) is 0.750. The maximum absolute atomic E-state index is 11.9. The Morgan fingerprint density at radius 1 is 1.29 bits per heavy atom. The standard InChI is InChI=1S/C12H19N3O6/c1-12(2,3)8-9(19)13-11(20)15(14-8)10-7(18)6(17)5(4-16)21-10/h5-7,10,16-18H,4H2,1-3H3,(H,13,19,20)/t5-,6-,7-,10-/m1/s1. The lowest BCUT2D eigenvalue weighted by Gasteiger charge is -2.20. The number of nitrogens with one attached hydrogen (secondary N) is 1. The molecule has 118 valence electrons. The molecule has 2 heterocycles. The lowest BCUT2D eigenvalue weighted by Crippen LogP contribution is -2.43. The third-order valence-corrected chi connectivity index (χ3v) is 3.32. The van der Waals surface area contributed by atoms with Crippen LogP contribution in [0.2, 0.25) is 0 Å². The Balaban J connectivity index is 2.50. The molecule has 1 aliphatic rings. The summed E-state index contributed by atoms with van der Waals surface area (Å²) in [6.07, 6.45) is -5.09. The van der Waals surface area contributed by atoms with Crippen LogP contribution in [0.3, 0.4) is 0 Å². The maximum Gasteiger partial charge on any atom is 0.347 e. The number of aliphatic hydroxyl groups excluding tert-OH is 3. The van der Waals surface area contributed by atoms with Crippen LogP contribution in [0.4, 0.5) is 0 Å². The first-order valence-corrected chi connectivity index (χ1v) is 6.53. The summed E-state index contributed by atoms with van der Waals surface area (Å²) in [6, 6.07) is 0. The minimum Gasteiger partial charge on any atom is -0.394 e. The highest BCUT2D eigenvalue weighted by atomic mass is 16.6. The van der Waals surface area contributed by atoms with Crippen molar-refractivity contribution in [3.05, 3.63) is 26.5 Å². The summed E-state index contributed by atoms with van der Waals surface area (Å²) in [6.45, 7) is 4.73. The average Bonchev–Trinajstić information content (AvgIpc) is 2.65. The van der Waals surface area contributed by atoms with Crippen molar-refractivity contribution in [2.45, 2.75) is 50.7 Å². The molecule has 0 unspecified atom stereocenters. The molecule has 21 heavy (non-hydrogen) atoms. The summed E-state index contributed by atoms with van der Waals surface area (Å²) in [5, 5.41) is 32.7. The summed E-state index contributed by atoms with van der Waals surface area (Å²) < 4.78 is 6.02. The van der Waals surface area contributed by atoms with Gasteiger partial charge in [0.15, 0.2) is 6.23 Å². The van der Waals surface area contributed by atoms with Gasteiger partial charge in [0.2, 0.25) is 0 Å². The van der Waals surface area contributed by atoms with Crippen molar-refractivity contribution in [2.24, 2.45) is 0 Å². The number of nitrogens with zero attached hydrogens (tertiary/aromatic N) is 2. The number of H-pyrrole nitrogens is 1. The van der Waals surface area contributed by atoms with Gasteiger partial charge in [-0.15, -0.1) is 0 Å². The molecule has 0 aromatic carbocycles. The second kappa shape index (κ2) is 5.34. The maximum atomic E-state index is 11.9. The van der Waals surface area contributed by atoms with Crippen LogP contribution >= 0.6 is 0 Å². The van der Waals surface area contributed by atoms with Gasteiger partial charge in [0.05, 0.1) is 6.61 Å². The number of ether oxygens (including phenoxy) is 1. The Hall–Kier alpha value is -1.55. The summed E-state index contributed by atoms with van der Waals surface area (Å²) in [7, 11) is 0. The van der Waals surface area contributed by atoms with Gasteiger partial charge in [-0.2, -0.15) is 9.78 Å². The van der Waals surface area contributed by atoms with E-state index >= 15 is 0 Å². The molecule has 1 aromatic heterocycles. The third-order valence-electron chi connectivity index (χ3n) is 3.32. The zero-order valence-corrected chi connectivity index (χ0v) is 12.0. The number of hydrogen-bond donors (Lipinski definition) is 4. The summed E-state index contributed by atoms with van der Waals surface area (Å²) in [4.78, 5) is 25.8. The highest BCUT2D eigenvalue weighted by Gasteiger charge is 2.44. The Labute approximate surface area is 119 Å². The fourth-order valence-corrected chi connectivity index (χ4v) is 2.16. The number of rotatable bonds is 2. The number of aromatic nitrogens is 3. The van der Waals surface area contributed by atoms with Crippen LogP contribution in [0.1, 0.15) is 32.7 Å². The second-order valence-electron chi connectivity index (χ2n) is 6.03. The lowest BCUT2D eigenvalue weighted by molar-refractivity contribution is -0.0623. The van der Waals surface area contributed by atoms with E-state index < -0.39 is 47.8 Å². The Bertz CT molecular complexity index is 631. The van der Waals surface area contributed by atoms with E-state index in [0.29, 0.717) is 0 Å². The van der Waals surface area contributed by atoms with Gasteiger partial charge in [-0.25, -0.2) is 4.79 Å². The predicted octanol–water partition coefficient (Wildman–Crippen LogP) is -2.16. The van der Waals surface area contributed by atoms with Crippen LogP contribution in [-0.2, 0) is 10.2 Å². The van der Waals surface area contributed by atoms with Crippen molar-refractivity contribution < 1.29 is 20.1 Å². The van der Waals surface area contributed by atoms with Crippen molar-refractivity contribution >= 4 is 0 Å². The Morgan fingerprint density at radius 2 is 1.90 bits per heavy atom. The Morgan fingerprint density at radius 3 is 2.38 bits per heavy atom. The molecule has 9 nitrogen and oxygen atoms in total. The molecule has 0 bridgehead atoms. The van der Waals surface area contributed by atoms with E-state index in [4.69, 9.17) is 9.84 Å². The van der Waals surface area contributed by atoms with Gasteiger partial charge in [-0.3, -0.25) is 9.78 Å². The summed E-state index contributed by atoms with van der Waals surface area (Å²) >= 11 is 0. The van der Waals surface area contributed by atoms with Crippen molar-refractivity contribution in [3.8, 4) is 0 Å². The first-order chi connectivity index (χ1) is 9.66. The van der Waals surface area contributed by atoms with Crippen molar-refractivity contribution in [3.63, 3.8) is 0 Å². The topological polar surface area (TPSA) is 138 Å². The van der Waals surface area contributed by atoms with E-state index in [0.717, 1.165) is 4.68 Å². The lowest BCUT2D eigenvalue weighted by atomic mass is 9.93. The monoisotopic (exact) mass is 301 g/mol. The first-order valence-electron chi connectivity index (χ1n) is 6.53. The molecule has 1 fully saturated rings. The normalized spacial score (nSPS) is 29.8. The zero-order chi connectivity index (χ0) is 15.9. The predicted molar refractivity (Wildman–Crippen MR) is 70.8 cm³/mol. The molecule has 0 spiro atoms. The molecule has 9 heteroatoms. The highest BCUT2D eigenvalue weighted by molar-refractivity contribution is 5.07. The average molecular weight is 301 g/mol. The fourth-order valence-electron chi connectivity index (χ4n) is 2.16. The zero-order valence-electron chi connectivity index (χ0n) is 12.0. The molecular weight excluding hydrogens is 282 g/mol. The van der Waals surface area contributed by atoms with Gasteiger partial charge in [0, 0.05) is 5.41 Å². The van der Waals surface area contributed by atoms with Crippen LogP contribution in [0.15, 0.2) is 9.59 Å². The van der Waals surface area contributed by atoms with E-state index in [1.807, 2.05) is 0 Å². The van der Waals surface area contributed by atoms with Gasteiger partial charge in [-0.05, 0) is 0 Å². The SMILES string of the molecule is CC(C)(C)c1nn([C@@H]2O[C@H](CO)[C@@H](O)[C@H]2O)c(=O)[nH]c1=O. The molecule has 0 radical (unpaired) electrons. The first kappa shape index (κ1) is 15.8. The smallest absolute Gasteiger partial charge is 0.347 e. The molecule has 4 N–H and O–H groups in total. The molecule has 1 aliphatic heterocycles. The third kappa shape index (κ3) is 2.77. The molecule has 4 atom stereocenters. The van der Waals surface area contributed by atoms with E-state index in [2.05, 4.69) is 10.1 Å².